The third-order valence-electron chi connectivity index (χ3n) is 3.72. The molecule has 0 saturated heterocycles. The number of Topliss-reactive ketones (excluding diaryl/α,β-unsaturated/α-hetero) is 1. The quantitative estimate of drug-likeness (QED) is 0.676. The predicted octanol–water partition coefficient (Wildman–Crippen LogP) is 3.18. The van der Waals surface area contributed by atoms with Crippen LogP contribution in [-0.4, -0.2) is 27.6 Å². The Balaban J connectivity index is 1.65. The van der Waals surface area contributed by atoms with Crippen molar-refractivity contribution in [1.29, 1.82) is 0 Å². The van der Waals surface area contributed by atoms with Gasteiger partial charge in [0.2, 0.25) is 5.88 Å². The first-order valence-electron chi connectivity index (χ1n) is 7.78. The van der Waals surface area contributed by atoms with Crippen molar-refractivity contribution in [3.8, 4) is 11.6 Å². The Kier molecular flexibility index (Phi) is 5.00. The predicted molar refractivity (Wildman–Crippen MR) is 98.1 cm³/mol. The number of aryl methyl sites for hydroxylation is 1. The Labute approximate surface area is 150 Å². The van der Waals surface area contributed by atoms with Crippen LogP contribution in [0, 0.1) is 6.92 Å². The number of benzene rings is 1. The minimum Gasteiger partial charge on any atom is -0.439 e. The molecule has 1 N–H and O–H groups in total. The van der Waals surface area contributed by atoms with E-state index in [-0.39, 0.29) is 11.7 Å². The Hall–Kier alpha value is -2.86. The number of nitrogens with zero attached hydrogens (tertiary/aromatic N) is 1. The van der Waals surface area contributed by atoms with Gasteiger partial charge in [0.05, 0.1) is 10.4 Å². The third kappa shape index (κ3) is 4.16. The van der Waals surface area contributed by atoms with Gasteiger partial charge in [-0.25, -0.2) is 4.98 Å². The summed E-state index contributed by atoms with van der Waals surface area (Å²) in [5.74, 6) is 0.428. The summed E-state index contributed by atoms with van der Waals surface area (Å²) in [6.45, 7) is 1.99. The molecule has 1 atom stereocenters. The molecule has 25 heavy (non-hydrogen) atoms. The Bertz CT molecular complexity index is 842. The van der Waals surface area contributed by atoms with Gasteiger partial charge in [-0.2, -0.15) is 0 Å². The molecule has 126 valence electrons. The molecule has 2 aromatic rings. The Morgan fingerprint density at radius 1 is 1.24 bits per heavy atom. The lowest BCUT2D eigenvalue weighted by molar-refractivity contribution is -0.113. The van der Waals surface area contributed by atoms with Crippen molar-refractivity contribution in [3.05, 3.63) is 65.9 Å². The second-order valence-corrected chi connectivity index (χ2v) is 6.16. The van der Waals surface area contributed by atoms with E-state index in [1.54, 1.807) is 24.3 Å². The number of hydrogen-bond donors (Lipinski definition) is 1. The number of aromatic nitrogens is 1. The van der Waals surface area contributed by atoms with Crippen LogP contribution in [0.5, 0.6) is 11.6 Å². The Morgan fingerprint density at radius 3 is 2.68 bits per heavy atom. The fourth-order valence-corrected chi connectivity index (χ4v) is 2.54. The van der Waals surface area contributed by atoms with E-state index in [2.05, 4.69) is 10.3 Å². The fourth-order valence-electron chi connectivity index (χ4n) is 2.31. The second kappa shape index (κ2) is 7.36. The molecule has 0 saturated carbocycles. The minimum absolute atomic E-state index is 0.238. The van der Waals surface area contributed by atoms with Crippen LogP contribution < -0.4 is 10.1 Å². The molecule has 1 aromatic carbocycles. The van der Waals surface area contributed by atoms with Crippen LogP contribution in [0.4, 0.5) is 0 Å². The summed E-state index contributed by atoms with van der Waals surface area (Å²) >= 11 is 4.98. The summed E-state index contributed by atoms with van der Waals surface area (Å²) in [5, 5.41) is 2.65. The molecular weight excluding hydrogens is 336 g/mol. The van der Waals surface area contributed by atoms with E-state index < -0.39 is 6.04 Å². The molecule has 1 aliphatic carbocycles. The summed E-state index contributed by atoms with van der Waals surface area (Å²) < 4.78 is 5.62. The van der Waals surface area contributed by atoms with Crippen LogP contribution in [-0.2, 0) is 4.79 Å². The van der Waals surface area contributed by atoms with E-state index in [4.69, 9.17) is 17.0 Å². The lowest BCUT2D eigenvalue weighted by atomic mass is 10.0. The van der Waals surface area contributed by atoms with Gasteiger partial charge in [0, 0.05) is 18.7 Å². The zero-order valence-electron chi connectivity index (χ0n) is 13.6. The maximum Gasteiger partial charge on any atom is 0.253 e. The van der Waals surface area contributed by atoms with E-state index >= 15 is 0 Å². The lowest BCUT2D eigenvalue weighted by Crippen LogP contribution is -2.43. The molecular formula is C19H16N2O3S. The normalized spacial score (nSPS) is 16.6. The second-order valence-electron chi connectivity index (χ2n) is 5.67. The topological polar surface area (TPSA) is 68.3 Å². The van der Waals surface area contributed by atoms with Crippen LogP contribution in [0.1, 0.15) is 22.3 Å². The first kappa shape index (κ1) is 17.0. The van der Waals surface area contributed by atoms with E-state index in [1.807, 2.05) is 31.2 Å². The molecule has 1 heterocycles. The maximum absolute atomic E-state index is 12.3. The standard InChI is InChI=1S/C19H16N2O3S/c1-12-5-8-14(9-6-12)24-17-10-7-13(11-20-17)19(23)21-15-3-2-4-16(25)18(15)22/h2-3,5-11,15H,4H2,1H3,(H,21,23). The van der Waals surface area contributed by atoms with Crippen molar-refractivity contribution < 1.29 is 14.3 Å². The van der Waals surface area contributed by atoms with Crippen LogP contribution in [0.2, 0.25) is 0 Å². The van der Waals surface area contributed by atoms with Gasteiger partial charge in [0.1, 0.15) is 11.8 Å². The monoisotopic (exact) mass is 352 g/mol. The summed E-state index contributed by atoms with van der Waals surface area (Å²) in [6, 6.07) is 10.1. The van der Waals surface area contributed by atoms with Gasteiger partial charge in [-0.3, -0.25) is 9.59 Å². The van der Waals surface area contributed by atoms with Gasteiger partial charge in [-0.05, 0) is 25.1 Å². The van der Waals surface area contributed by atoms with Crippen LogP contribution >= 0.6 is 12.2 Å². The molecule has 5 nitrogen and oxygen atoms in total. The van der Waals surface area contributed by atoms with Crippen molar-refractivity contribution in [1.82, 2.24) is 10.3 Å². The highest BCUT2D eigenvalue weighted by Crippen LogP contribution is 2.19. The first-order chi connectivity index (χ1) is 12.0. The van der Waals surface area contributed by atoms with E-state index in [9.17, 15) is 9.59 Å². The van der Waals surface area contributed by atoms with E-state index in [0.29, 0.717) is 28.5 Å². The minimum atomic E-state index is -0.711. The number of ketones is 1. The van der Waals surface area contributed by atoms with Gasteiger partial charge < -0.3 is 10.1 Å². The maximum atomic E-state index is 12.3. The number of amides is 1. The number of ether oxygens (including phenoxy) is 1. The number of hydrogen-bond acceptors (Lipinski definition) is 5. The molecule has 6 heteroatoms. The van der Waals surface area contributed by atoms with Gasteiger partial charge in [0.15, 0.2) is 5.78 Å². The first-order valence-corrected chi connectivity index (χ1v) is 8.19. The summed E-state index contributed by atoms with van der Waals surface area (Å²) in [7, 11) is 0. The molecule has 0 spiro atoms. The van der Waals surface area contributed by atoms with Crippen molar-refractivity contribution in [3.63, 3.8) is 0 Å². The summed E-state index contributed by atoms with van der Waals surface area (Å²) in [5.41, 5.74) is 1.48. The molecule has 0 bridgehead atoms. The molecule has 1 aromatic heterocycles. The van der Waals surface area contributed by atoms with Crippen LogP contribution in [0.15, 0.2) is 54.7 Å². The number of nitrogens with one attached hydrogen (secondary N) is 1. The van der Waals surface area contributed by atoms with Gasteiger partial charge >= 0.3 is 0 Å². The van der Waals surface area contributed by atoms with Gasteiger partial charge in [-0.15, -0.1) is 0 Å². The van der Waals surface area contributed by atoms with Crippen molar-refractivity contribution in [2.45, 2.75) is 19.4 Å². The number of carbonyl (C=O) groups excluding carboxylic acids is 2. The number of pyridine rings is 1. The lowest BCUT2D eigenvalue weighted by Gasteiger charge is -2.17. The molecule has 1 aliphatic rings. The van der Waals surface area contributed by atoms with Crippen LogP contribution in [0.25, 0.3) is 0 Å². The van der Waals surface area contributed by atoms with Crippen molar-refractivity contribution in [2.75, 3.05) is 0 Å². The molecule has 1 unspecified atom stereocenters. The molecule has 0 fully saturated rings. The Morgan fingerprint density at radius 2 is 2.00 bits per heavy atom. The highest BCUT2D eigenvalue weighted by molar-refractivity contribution is 7.82. The van der Waals surface area contributed by atoms with Crippen molar-refractivity contribution in [2.24, 2.45) is 0 Å². The smallest absolute Gasteiger partial charge is 0.253 e. The molecule has 3 rings (SSSR count). The van der Waals surface area contributed by atoms with E-state index in [0.717, 1.165) is 5.56 Å². The summed E-state index contributed by atoms with van der Waals surface area (Å²) in [6.07, 6.45) is 5.30. The molecule has 1 amide bonds. The number of thiocarbonyl (C=S) groups is 1. The van der Waals surface area contributed by atoms with Gasteiger partial charge in [0.25, 0.3) is 5.91 Å². The van der Waals surface area contributed by atoms with Crippen molar-refractivity contribution >= 4 is 28.8 Å². The summed E-state index contributed by atoms with van der Waals surface area (Å²) in [4.78, 5) is 28.6. The SMILES string of the molecule is Cc1ccc(Oc2ccc(C(=O)NC3C=CCC(=S)C3=O)cn2)cc1. The zero-order chi connectivity index (χ0) is 17.8. The third-order valence-corrected chi connectivity index (χ3v) is 4.09. The average molecular weight is 352 g/mol. The molecule has 0 aliphatic heterocycles. The zero-order valence-corrected chi connectivity index (χ0v) is 14.4. The molecule has 0 radical (unpaired) electrons. The average Bonchev–Trinajstić information content (AvgIpc) is 2.61. The number of rotatable bonds is 4. The number of allylic oxidation sites excluding steroid dienone is 1. The number of carbonyl (C=O) groups is 2. The van der Waals surface area contributed by atoms with E-state index in [1.165, 1.54) is 6.20 Å². The largest absolute Gasteiger partial charge is 0.439 e. The fraction of sp³-hybridized carbons (Fsp3) is 0.158. The van der Waals surface area contributed by atoms with Crippen LogP contribution in [0.3, 0.4) is 0 Å². The van der Waals surface area contributed by atoms with Gasteiger partial charge in [-0.1, -0.05) is 42.1 Å². The highest BCUT2D eigenvalue weighted by atomic mass is 32.1. The highest BCUT2D eigenvalue weighted by Gasteiger charge is 2.24.